The minimum atomic E-state index is -0.150. The number of ether oxygens (including phenoxy) is 1. The lowest BCUT2D eigenvalue weighted by Gasteiger charge is -2.16. The van der Waals surface area contributed by atoms with Crippen molar-refractivity contribution in [2.75, 3.05) is 19.4 Å². The van der Waals surface area contributed by atoms with E-state index < -0.39 is 0 Å². The molecule has 122 valence electrons. The summed E-state index contributed by atoms with van der Waals surface area (Å²) in [7, 11) is 1.64. The summed E-state index contributed by atoms with van der Waals surface area (Å²) in [6, 6.07) is 11.7. The first-order chi connectivity index (χ1) is 11.1. The molecule has 1 amide bonds. The van der Waals surface area contributed by atoms with Crippen molar-refractivity contribution in [2.24, 2.45) is 0 Å². The summed E-state index contributed by atoms with van der Waals surface area (Å²) >= 11 is 1.34. The molecule has 1 aromatic carbocycles. The molecular formula is C17H21N3O2S. The Morgan fingerprint density at radius 1 is 1.22 bits per heavy atom. The van der Waals surface area contributed by atoms with E-state index in [2.05, 4.69) is 15.3 Å². The summed E-state index contributed by atoms with van der Waals surface area (Å²) < 4.78 is 5.43. The van der Waals surface area contributed by atoms with Gasteiger partial charge in [0.25, 0.3) is 0 Å². The van der Waals surface area contributed by atoms with Crippen LogP contribution in [0.4, 0.5) is 0 Å². The van der Waals surface area contributed by atoms with E-state index in [1.807, 2.05) is 50.2 Å². The van der Waals surface area contributed by atoms with E-state index in [9.17, 15) is 4.79 Å². The van der Waals surface area contributed by atoms with Gasteiger partial charge in [0.15, 0.2) is 5.16 Å². The number of thioether (sulfide) groups is 1. The zero-order valence-electron chi connectivity index (χ0n) is 13.6. The van der Waals surface area contributed by atoms with E-state index in [4.69, 9.17) is 4.74 Å². The van der Waals surface area contributed by atoms with Crippen LogP contribution in [-0.2, 0) is 9.53 Å². The average Bonchev–Trinajstić information content (AvgIpc) is 2.53. The topological polar surface area (TPSA) is 64.1 Å². The van der Waals surface area contributed by atoms with Crippen molar-refractivity contribution in [1.29, 1.82) is 0 Å². The summed E-state index contributed by atoms with van der Waals surface area (Å²) in [5.74, 6) is 0.226. The van der Waals surface area contributed by atoms with Crippen molar-refractivity contribution >= 4 is 17.7 Å². The highest BCUT2D eigenvalue weighted by Gasteiger charge is 2.12. The van der Waals surface area contributed by atoms with Gasteiger partial charge in [0.1, 0.15) is 0 Å². The average molecular weight is 331 g/mol. The van der Waals surface area contributed by atoms with Crippen LogP contribution in [0.5, 0.6) is 0 Å². The largest absolute Gasteiger partial charge is 0.375 e. The summed E-state index contributed by atoms with van der Waals surface area (Å²) in [6.07, 6.45) is -0.150. The normalized spacial score (nSPS) is 12.0. The highest BCUT2D eigenvalue weighted by atomic mass is 32.2. The van der Waals surface area contributed by atoms with Crippen LogP contribution in [-0.4, -0.2) is 35.3 Å². The van der Waals surface area contributed by atoms with Crippen LogP contribution >= 0.6 is 11.8 Å². The minimum Gasteiger partial charge on any atom is -0.375 e. The van der Waals surface area contributed by atoms with E-state index in [-0.39, 0.29) is 17.8 Å². The number of aromatic nitrogens is 2. The number of hydrogen-bond acceptors (Lipinski definition) is 5. The minimum absolute atomic E-state index is 0.0595. The third-order valence-corrected chi connectivity index (χ3v) is 4.08. The lowest BCUT2D eigenvalue weighted by molar-refractivity contribution is -0.119. The zero-order valence-corrected chi connectivity index (χ0v) is 14.4. The predicted molar refractivity (Wildman–Crippen MR) is 91.4 cm³/mol. The molecule has 5 nitrogen and oxygen atoms in total. The number of amides is 1. The molecular weight excluding hydrogens is 310 g/mol. The standard InChI is InChI=1S/C17H21N3O2S/c1-12-9-13(2)20-17(19-12)23-11-16(21)18-10-15(22-3)14-7-5-4-6-8-14/h4-9,15H,10-11H2,1-3H3,(H,18,21)/t15-/m1/s1. The monoisotopic (exact) mass is 331 g/mol. The first kappa shape index (κ1) is 17.4. The van der Waals surface area contributed by atoms with Crippen LogP contribution in [0.3, 0.4) is 0 Å². The fourth-order valence-electron chi connectivity index (χ4n) is 2.15. The van der Waals surface area contributed by atoms with Crippen molar-refractivity contribution < 1.29 is 9.53 Å². The maximum Gasteiger partial charge on any atom is 0.230 e. The Kier molecular flexibility index (Phi) is 6.55. The number of nitrogens with zero attached hydrogens (tertiary/aromatic N) is 2. The van der Waals surface area contributed by atoms with Crippen molar-refractivity contribution in [1.82, 2.24) is 15.3 Å². The Bertz CT molecular complexity index is 629. The summed E-state index contributed by atoms with van der Waals surface area (Å²) in [5, 5.41) is 3.52. The molecule has 23 heavy (non-hydrogen) atoms. The Morgan fingerprint density at radius 2 is 1.87 bits per heavy atom. The molecule has 0 radical (unpaired) electrons. The first-order valence-corrected chi connectivity index (χ1v) is 8.36. The predicted octanol–water partition coefficient (Wildman–Crippen LogP) is 2.69. The van der Waals surface area contributed by atoms with Gasteiger partial charge in [-0.1, -0.05) is 42.1 Å². The highest BCUT2D eigenvalue weighted by Crippen LogP contribution is 2.16. The smallest absolute Gasteiger partial charge is 0.230 e. The second kappa shape index (κ2) is 8.64. The van der Waals surface area contributed by atoms with Gasteiger partial charge in [-0.2, -0.15) is 0 Å². The lowest BCUT2D eigenvalue weighted by atomic mass is 10.1. The Morgan fingerprint density at radius 3 is 2.48 bits per heavy atom. The van der Waals surface area contributed by atoms with Gasteiger partial charge in [0.05, 0.1) is 11.9 Å². The maximum atomic E-state index is 12.0. The van der Waals surface area contributed by atoms with E-state index in [0.29, 0.717) is 11.7 Å². The molecule has 0 aliphatic rings. The third-order valence-electron chi connectivity index (χ3n) is 3.23. The van der Waals surface area contributed by atoms with Gasteiger partial charge >= 0.3 is 0 Å². The van der Waals surface area contributed by atoms with Crippen molar-refractivity contribution in [3.8, 4) is 0 Å². The number of aryl methyl sites for hydroxylation is 2. The van der Waals surface area contributed by atoms with Crippen molar-refractivity contribution in [3.05, 3.63) is 53.3 Å². The summed E-state index contributed by atoms with van der Waals surface area (Å²) in [4.78, 5) is 20.6. The molecule has 0 saturated heterocycles. The fraction of sp³-hybridized carbons (Fsp3) is 0.353. The number of rotatable bonds is 7. The number of hydrogen-bond donors (Lipinski definition) is 1. The van der Waals surface area contributed by atoms with Gasteiger partial charge in [-0.15, -0.1) is 0 Å². The second-order valence-corrected chi connectivity index (χ2v) is 6.10. The third kappa shape index (κ3) is 5.65. The number of benzene rings is 1. The Hall–Kier alpha value is -1.92. The van der Waals surface area contributed by atoms with Crippen LogP contribution in [0.15, 0.2) is 41.6 Å². The van der Waals surface area contributed by atoms with Crippen LogP contribution in [0, 0.1) is 13.8 Å². The molecule has 0 bridgehead atoms. The van der Waals surface area contributed by atoms with Gasteiger partial charge in [0, 0.05) is 25.0 Å². The maximum absolute atomic E-state index is 12.0. The Balaban J connectivity index is 1.82. The SMILES string of the molecule is CO[C@H](CNC(=O)CSc1nc(C)cc(C)n1)c1ccccc1. The Labute approximate surface area is 140 Å². The van der Waals surface area contributed by atoms with Gasteiger partial charge in [-0.05, 0) is 25.5 Å². The number of nitrogens with one attached hydrogen (secondary N) is 1. The van der Waals surface area contributed by atoms with Crippen LogP contribution < -0.4 is 5.32 Å². The number of methoxy groups -OCH3 is 1. The zero-order chi connectivity index (χ0) is 16.7. The van der Waals surface area contributed by atoms with Crippen molar-refractivity contribution in [2.45, 2.75) is 25.1 Å². The molecule has 1 N–H and O–H groups in total. The van der Waals surface area contributed by atoms with E-state index in [1.54, 1.807) is 7.11 Å². The summed E-state index contributed by atoms with van der Waals surface area (Å²) in [5.41, 5.74) is 2.86. The van der Waals surface area contributed by atoms with E-state index in [0.717, 1.165) is 17.0 Å². The van der Waals surface area contributed by atoms with Gasteiger partial charge < -0.3 is 10.1 Å². The van der Waals surface area contributed by atoms with Crippen molar-refractivity contribution in [3.63, 3.8) is 0 Å². The molecule has 0 spiro atoms. The molecule has 0 aliphatic carbocycles. The van der Waals surface area contributed by atoms with Crippen LogP contribution in [0.1, 0.15) is 23.1 Å². The molecule has 2 aromatic rings. The molecule has 0 saturated carbocycles. The molecule has 2 rings (SSSR count). The molecule has 1 atom stereocenters. The van der Waals surface area contributed by atoms with E-state index >= 15 is 0 Å². The molecule has 1 aromatic heterocycles. The molecule has 6 heteroatoms. The summed E-state index contributed by atoms with van der Waals surface area (Å²) in [6.45, 7) is 4.28. The van der Waals surface area contributed by atoms with Gasteiger partial charge in [-0.3, -0.25) is 4.79 Å². The highest BCUT2D eigenvalue weighted by molar-refractivity contribution is 7.99. The lowest BCUT2D eigenvalue weighted by Crippen LogP contribution is -2.30. The first-order valence-electron chi connectivity index (χ1n) is 7.38. The quantitative estimate of drug-likeness (QED) is 0.624. The molecule has 0 unspecified atom stereocenters. The van der Waals surface area contributed by atoms with Crippen LogP contribution in [0.25, 0.3) is 0 Å². The van der Waals surface area contributed by atoms with Crippen LogP contribution in [0.2, 0.25) is 0 Å². The van der Waals surface area contributed by atoms with Gasteiger partial charge in [0.2, 0.25) is 5.91 Å². The molecule has 0 fully saturated rings. The van der Waals surface area contributed by atoms with E-state index in [1.165, 1.54) is 11.8 Å². The second-order valence-electron chi connectivity index (χ2n) is 5.16. The number of carbonyl (C=O) groups excluding carboxylic acids is 1. The molecule has 0 aliphatic heterocycles. The fourth-order valence-corrected chi connectivity index (χ4v) is 2.93. The van der Waals surface area contributed by atoms with Gasteiger partial charge in [-0.25, -0.2) is 9.97 Å². The number of carbonyl (C=O) groups is 1. The molecule has 1 heterocycles.